The standard InChI is InChI=1S/C11H15NO4/c13-7-10(14)6-12-9-3-1-2-8(4-9)5-11(15)16/h1-4,10,12-14H,5-7H2,(H,15,16). The van der Waals surface area contributed by atoms with E-state index in [9.17, 15) is 4.79 Å². The maximum Gasteiger partial charge on any atom is 0.307 e. The zero-order chi connectivity index (χ0) is 12.0. The van der Waals surface area contributed by atoms with Gasteiger partial charge in [-0.2, -0.15) is 0 Å². The van der Waals surface area contributed by atoms with Gasteiger partial charge in [0.25, 0.3) is 0 Å². The number of hydrogen-bond acceptors (Lipinski definition) is 4. The summed E-state index contributed by atoms with van der Waals surface area (Å²) in [5.41, 5.74) is 1.42. The summed E-state index contributed by atoms with van der Waals surface area (Å²) >= 11 is 0. The summed E-state index contributed by atoms with van der Waals surface area (Å²) in [5, 5.41) is 29.3. The molecule has 5 heteroatoms. The summed E-state index contributed by atoms with van der Waals surface area (Å²) in [6.07, 6.45) is -0.846. The molecule has 0 spiro atoms. The van der Waals surface area contributed by atoms with Gasteiger partial charge in [-0.25, -0.2) is 0 Å². The van der Waals surface area contributed by atoms with E-state index in [1.807, 2.05) is 0 Å². The minimum Gasteiger partial charge on any atom is -0.481 e. The number of carbonyl (C=O) groups is 1. The van der Waals surface area contributed by atoms with Crippen LogP contribution in [0.3, 0.4) is 0 Å². The predicted molar refractivity (Wildman–Crippen MR) is 59.4 cm³/mol. The van der Waals surface area contributed by atoms with Crippen LogP contribution in [0.5, 0.6) is 0 Å². The second kappa shape index (κ2) is 6.09. The van der Waals surface area contributed by atoms with Gasteiger partial charge in [-0.1, -0.05) is 12.1 Å². The number of nitrogens with one attached hydrogen (secondary N) is 1. The van der Waals surface area contributed by atoms with Gasteiger partial charge in [0.2, 0.25) is 0 Å². The molecule has 88 valence electrons. The second-order valence-electron chi connectivity index (χ2n) is 3.49. The van der Waals surface area contributed by atoms with E-state index >= 15 is 0 Å². The van der Waals surface area contributed by atoms with Gasteiger partial charge in [-0.15, -0.1) is 0 Å². The molecule has 0 aliphatic rings. The van der Waals surface area contributed by atoms with Gasteiger partial charge in [0.05, 0.1) is 19.1 Å². The number of carboxylic acid groups (broad SMARTS) is 1. The average Bonchev–Trinajstić information content (AvgIpc) is 2.25. The van der Waals surface area contributed by atoms with E-state index in [0.29, 0.717) is 5.56 Å². The van der Waals surface area contributed by atoms with E-state index in [1.165, 1.54) is 0 Å². The third-order valence-corrected chi connectivity index (χ3v) is 2.03. The van der Waals surface area contributed by atoms with Crippen LogP contribution in [0, 0.1) is 0 Å². The van der Waals surface area contributed by atoms with E-state index in [4.69, 9.17) is 15.3 Å². The first-order valence-corrected chi connectivity index (χ1v) is 4.95. The highest BCUT2D eigenvalue weighted by Crippen LogP contribution is 2.11. The van der Waals surface area contributed by atoms with Gasteiger partial charge in [0.1, 0.15) is 0 Å². The van der Waals surface area contributed by atoms with E-state index in [1.54, 1.807) is 24.3 Å². The highest BCUT2D eigenvalue weighted by molar-refractivity contribution is 5.70. The molecule has 0 saturated carbocycles. The minimum atomic E-state index is -0.882. The molecule has 0 aromatic heterocycles. The number of benzene rings is 1. The van der Waals surface area contributed by atoms with Crippen LogP contribution in [-0.2, 0) is 11.2 Å². The molecule has 0 radical (unpaired) electrons. The van der Waals surface area contributed by atoms with Crippen LogP contribution in [0.15, 0.2) is 24.3 Å². The Labute approximate surface area is 93.4 Å². The summed E-state index contributed by atoms with van der Waals surface area (Å²) in [7, 11) is 0. The Morgan fingerprint density at radius 1 is 1.44 bits per heavy atom. The molecule has 1 aromatic carbocycles. The Morgan fingerprint density at radius 3 is 2.81 bits per heavy atom. The lowest BCUT2D eigenvalue weighted by Gasteiger charge is -2.10. The van der Waals surface area contributed by atoms with Crippen molar-refractivity contribution in [2.75, 3.05) is 18.5 Å². The molecule has 16 heavy (non-hydrogen) atoms. The first-order chi connectivity index (χ1) is 7.61. The highest BCUT2D eigenvalue weighted by Gasteiger charge is 2.03. The van der Waals surface area contributed by atoms with Gasteiger partial charge in [-0.3, -0.25) is 4.79 Å². The van der Waals surface area contributed by atoms with Crippen molar-refractivity contribution in [2.24, 2.45) is 0 Å². The monoisotopic (exact) mass is 225 g/mol. The first-order valence-electron chi connectivity index (χ1n) is 4.95. The molecule has 0 aliphatic heterocycles. The number of carboxylic acids is 1. The minimum absolute atomic E-state index is 0.0297. The van der Waals surface area contributed by atoms with E-state index in [2.05, 4.69) is 5.32 Å². The normalized spacial score (nSPS) is 12.1. The lowest BCUT2D eigenvalue weighted by molar-refractivity contribution is -0.136. The molecule has 0 fully saturated rings. The predicted octanol–water partition coefficient (Wildman–Crippen LogP) is 0.0788. The van der Waals surface area contributed by atoms with E-state index in [0.717, 1.165) is 5.69 Å². The summed E-state index contributed by atoms with van der Waals surface area (Å²) in [6.45, 7) is -0.0746. The molecule has 0 amide bonds. The van der Waals surface area contributed by atoms with Crippen molar-refractivity contribution in [3.63, 3.8) is 0 Å². The smallest absolute Gasteiger partial charge is 0.307 e. The van der Waals surface area contributed by atoms with Crippen molar-refractivity contribution < 1.29 is 20.1 Å². The zero-order valence-electron chi connectivity index (χ0n) is 8.76. The van der Waals surface area contributed by atoms with Gasteiger partial charge in [0, 0.05) is 12.2 Å². The Balaban J connectivity index is 2.56. The number of hydrogen-bond donors (Lipinski definition) is 4. The second-order valence-corrected chi connectivity index (χ2v) is 3.49. The summed E-state index contributed by atoms with van der Waals surface area (Å²) in [6, 6.07) is 6.95. The van der Waals surface area contributed by atoms with Gasteiger partial charge in [-0.05, 0) is 17.7 Å². The molecule has 0 heterocycles. The van der Waals surface area contributed by atoms with Crippen molar-refractivity contribution in [3.05, 3.63) is 29.8 Å². The molecular formula is C11H15NO4. The lowest BCUT2D eigenvalue weighted by Crippen LogP contribution is -2.22. The topological polar surface area (TPSA) is 89.8 Å². The molecule has 0 aliphatic carbocycles. The zero-order valence-corrected chi connectivity index (χ0v) is 8.76. The average molecular weight is 225 g/mol. The van der Waals surface area contributed by atoms with Crippen molar-refractivity contribution in [3.8, 4) is 0 Å². The van der Waals surface area contributed by atoms with E-state index in [-0.39, 0.29) is 19.6 Å². The van der Waals surface area contributed by atoms with Crippen LogP contribution >= 0.6 is 0 Å². The van der Waals surface area contributed by atoms with Crippen LogP contribution in [-0.4, -0.2) is 40.5 Å². The number of aliphatic hydroxyl groups excluding tert-OH is 2. The molecular weight excluding hydrogens is 210 g/mol. The van der Waals surface area contributed by atoms with Crippen molar-refractivity contribution in [2.45, 2.75) is 12.5 Å². The van der Waals surface area contributed by atoms with Crippen LogP contribution in [0.25, 0.3) is 0 Å². The van der Waals surface area contributed by atoms with Gasteiger partial charge in [0.15, 0.2) is 0 Å². The Bertz CT molecular complexity index is 354. The Kier molecular flexibility index (Phi) is 4.75. The highest BCUT2D eigenvalue weighted by atomic mass is 16.4. The largest absolute Gasteiger partial charge is 0.481 e. The fourth-order valence-electron chi connectivity index (χ4n) is 1.27. The van der Waals surface area contributed by atoms with Crippen LogP contribution in [0.4, 0.5) is 5.69 Å². The van der Waals surface area contributed by atoms with Crippen molar-refractivity contribution in [1.29, 1.82) is 0 Å². The van der Waals surface area contributed by atoms with Gasteiger partial charge < -0.3 is 20.6 Å². The maximum absolute atomic E-state index is 10.5. The van der Waals surface area contributed by atoms with E-state index < -0.39 is 12.1 Å². The van der Waals surface area contributed by atoms with Crippen LogP contribution < -0.4 is 5.32 Å². The summed E-state index contributed by atoms with van der Waals surface area (Å²) in [5.74, 6) is -0.882. The SMILES string of the molecule is O=C(O)Cc1cccc(NCC(O)CO)c1. The molecule has 1 aromatic rings. The molecule has 5 nitrogen and oxygen atoms in total. The van der Waals surface area contributed by atoms with Crippen LogP contribution in [0.1, 0.15) is 5.56 Å². The molecule has 1 atom stereocenters. The lowest BCUT2D eigenvalue weighted by atomic mass is 10.1. The molecule has 1 rings (SSSR count). The van der Waals surface area contributed by atoms with Crippen molar-refractivity contribution >= 4 is 11.7 Å². The third-order valence-electron chi connectivity index (χ3n) is 2.03. The Morgan fingerprint density at radius 2 is 2.19 bits per heavy atom. The van der Waals surface area contributed by atoms with Gasteiger partial charge >= 0.3 is 5.97 Å². The third kappa shape index (κ3) is 4.29. The number of rotatable bonds is 6. The molecule has 1 unspecified atom stereocenters. The van der Waals surface area contributed by atoms with Crippen molar-refractivity contribution in [1.82, 2.24) is 0 Å². The first kappa shape index (κ1) is 12.5. The Hall–Kier alpha value is -1.59. The molecule has 0 bridgehead atoms. The number of aliphatic hydroxyl groups is 2. The fourth-order valence-corrected chi connectivity index (χ4v) is 1.27. The number of anilines is 1. The molecule has 0 saturated heterocycles. The van der Waals surface area contributed by atoms with Crippen LogP contribution in [0.2, 0.25) is 0 Å². The summed E-state index contributed by atoms with van der Waals surface area (Å²) in [4.78, 5) is 10.5. The summed E-state index contributed by atoms with van der Waals surface area (Å²) < 4.78 is 0. The fraction of sp³-hybridized carbons (Fsp3) is 0.364. The maximum atomic E-state index is 10.5. The molecule has 4 N–H and O–H groups in total. The quantitative estimate of drug-likeness (QED) is 0.550. The number of aliphatic carboxylic acids is 1.